The van der Waals surface area contributed by atoms with Crippen LogP contribution in [0.2, 0.25) is 0 Å². The van der Waals surface area contributed by atoms with Crippen LogP contribution in [-0.4, -0.2) is 17.3 Å². The Morgan fingerprint density at radius 1 is 1.43 bits per heavy atom. The molecule has 0 fully saturated rings. The number of hydrogen-bond donors (Lipinski definition) is 2. The highest BCUT2D eigenvalue weighted by Gasteiger charge is 2.11. The van der Waals surface area contributed by atoms with Crippen LogP contribution in [-0.2, 0) is 0 Å². The molecule has 6 heteroatoms. The summed E-state index contributed by atoms with van der Waals surface area (Å²) in [6.07, 6.45) is 1.56. The van der Waals surface area contributed by atoms with Gasteiger partial charge in [0, 0.05) is 5.56 Å². The molecule has 3 nitrogen and oxygen atoms in total. The molecule has 0 bridgehead atoms. The zero-order chi connectivity index (χ0) is 10.7. The zero-order valence-corrected chi connectivity index (χ0v) is 8.11. The molecule has 1 aromatic carbocycles. The fraction of sp³-hybridized carbons (Fsp3) is 0.125. The van der Waals surface area contributed by atoms with Crippen LogP contribution in [0.3, 0.4) is 0 Å². The molecule has 0 atom stereocenters. The van der Waals surface area contributed by atoms with Gasteiger partial charge in [-0.05, 0) is 18.4 Å². The van der Waals surface area contributed by atoms with E-state index in [4.69, 9.17) is 10.9 Å². The van der Waals surface area contributed by atoms with E-state index in [9.17, 15) is 8.78 Å². The first-order valence-corrected chi connectivity index (χ1v) is 4.83. The second-order valence-electron chi connectivity index (χ2n) is 2.46. The van der Waals surface area contributed by atoms with Gasteiger partial charge in [0.25, 0.3) is 0 Å². The summed E-state index contributed by atoms with van der Waals surface area (Å²) in [5.41, 5.74) is 5.20. The Kier molecular flexibility index (Phi) is 3.29. The third-order valence-corrected chi connectivity index (χ3v) is 2.40. The first kappa shape index (κ1) is 10.8. The normalized spacial score (nSPS) is 11.8. The lowest BCUT2D eigenvalue weighted by atomic mass is 10.2. The van der Waals surface area contributed by atoms with Gasteiger partial charge in [-0.1, -0.05) is 5.16 Å². The second-order valence-corrected chi connectivity index (χ2v) is 3.27. The maximum atomic E-state index is 13.2. The number of rotatable bonds is 2. The van der Waals surface area contributed by atoms with Gasteiger partial charge in [0.05, 0.1) is 4.90 Å². The summed E-state index contributed by atoms with van der Waals surface area (Å²) in [6.45, 7) is 0. The summed E-state index contributed by atoms with van der Waals surface area (Å²) in [5.74, 6) is -1.77. The van der Waals surface area contributed by atoms with Gasteiger partial charge < -0.3 is 10.9 Å². The van der Waals surface area contributed by atoms with E-state index in [1.54, 1.807) is 6.26 Å². The Hall–Kier alpha value is -1.30. The average Bonchev–Trinajstić information content (AvgIpc) is 2.16. The molecule has 0 aliphatic heterocycles. The number of thioether (sulfide) groups is 1. The number of nitrogens with zero attached hydrogens (tertiary/aromatic N) is 1. The van der Waals surface area contributed by atoms with Gasteiger partial charge in [-0.2, -0.15) is 0 Å². The van der Waals surface area contributed by atoms with Gasteiger partial charge in [0.1, 0.15) is 11.6 Å². The van der Waals surface area contributed by atoms with Crippen molar-refractivity contribution in [2.45, 2.75) is 4.90 Å². The van der Waals surface area contributed by atoms with E-state index in [2.05, 4.69) is 5.16 Å². The second kappa shape index (κ2) is 4.28. The van der Waals surface area contributed by atoms with Gasteiger partial charge >= 0.3 is 0 Å². The van der Waals surface area contributed by atoms with Crippen molar-refractivity contribution in [3.05, 3.63) is 29.3 Å². The van der Waals surface area contributed by atoms with Gasteiger partial charge in [0.15, 0.2) is 5.84 Å². The smallest absolute Gasteiger partial charge is 0.170 e. The van der Waals surface area contributed by atoms with E-state index in [0.717, 1.165) is 23.9 Å². The average molecular weight is 218 g/mol. The van der Waals surface area contributed by atoms with Crippen LogP contribution in [0, 0.1) is 11.6 Å². The summed E-state index contributed by atoms with van der Waals surface area (Å²) < 4.78 is 26.3. The molecule has 14 heavy (non-hydrogen) atoms. The van der Waals surface area contributed by atoms with E-state index in [0.29, 0.717) is 0 Å². The molecule has 0 spiro atoms. The Labute approximate surface area is 83.6 Å². The number of nitrogens with two attached hydrogens (primary N) is 1. The third kappa shape index (κ3) is 1.95. The van der Waals surface area contributed by atoms with Crippen LogP contribution in [0.15, 0.2) is 22.2 Å². The number of halogens is 2. The Morgan fingerprint density at radius 3 is 2.29 bits per heavy atom. The molecule has 0 unspecified atom stereocenters. The Balaban J connectivity index is 3.27. The first-order chi connectivity index (χ1) is 6.60. The summed E-state index contributed by atoms with van der Waals surface area (Å²) >= 11 is 0.957. The van der Waals surface area contributed by atoms with E-state index in [1.165, 1.54) is 0 Å². The minimum Gasteiger partial charge on any atom is -0.409 e. The number of hydrogen-bond acceptors (Lipinski definition) is 3. The van der Waals surface area contributed by atoms with Crippen LogP contribution in [0.25, 0.3) is 0 Å². The van der Waals surface area contributed by atoms with Crippen molar-refractivity contribution in [1.29, 1.82) is 0 Å². The fourth-order valence-electron chi connectivity index (χ4n) is 0.961. The highest BCUT2D eigenvalue weighted by molar-refractivity contribution is 7.98. The maximum absolute atomic E-state index is 13.2. The summed E-state index contributed by atoms with van der Waals surface area (Å²) in [4.78, 5) is -0.0838. The van der Waals surface area contributed by atoms with Gasteiger partial charge in [-0.15, -0.1) is 11.8 Å². The quantitative estimate of drug-likeness (QED) is 0.261. The SMILES string of the molecule is CSc1c(F)cc(/C(N)=N/O)cc1F. The van der Waals surface area contributed by atoms with Gasteiger partial charge in [0.2, 0.25) is 0 Å². The molecule has 76 valence electrons. The molecule has 1 rings (SSSR count). The first-order valence-electron chi connectivity index (χ1n) is 3.61. The van der Waals surface area contributed by atoms with Crippen LogP contribution < -0.4 is 5.73 Å². The lowest BCUT2D eigenvalue weighted by Crippen LogP contribution is -2.14. The molecular formula is C8H8F2N2OS. The lowest BCUT2D eigenvalue weighted by Gasteiger charge is -2.04. The molecule has 0 heterocycles. The van der Waals surface area contributed by atoms with Crippen molar-refractivity contribution < 1.29 is 14.0 Å². The molecule has 1 aromatic rings. The van der Waals surface area contributed by atoms with Gasteiger partial charge in [-0.25, -0.2) is 8.78 Å². The topological polar surface area (TPSA) is 58.6 Å². The van der Waals surface area contributed by atoms with Crippen molar-refractivity contribution in [3.8, 4) is 0 Å². The van der Waals surface area contributed by atoms with Crippen LogP contribution in [0.4, 0.5) is 8.78 Å². The van der Waals surface area contributed by atoms with Crippen LogP contribution in [0.5, 0.6) is 0 Å². The minimum absolute atomic E-state index is 0.0142. The molecule has 0 saturated heterocycles. The lowest BCUT2D eigenvalue weighted by molar-refractivity contribution is 0.318. The number of oxime groups is 1. The standard InChI is InChI=1S/C8H8F2N2OS/c1-14-7-5(9)2-4(3-6(7)10)8(11)12-13/h2-3,13H,1H3,(H2,11,12). The summed E-state index contributed by atoms with van der Waals surface area (Å²) in [5, 5.41) is 11.0. The molecule has 0 aliphatic rings. The van der Waals surface area contributed by atoms with Crippen molar-refractivity contribution in [1.82, 2.24) is 0 Å². The number of benzene rings is 1. The molecule has 0 aromatic heterocycles. The van der Waals surface area contributed by atoms with Crippen molar-refractivity contribution in [3.63, 3.8) is 0 Å². The predicted molar refractivity (Wildman–Crippen MR) is 50.6 cm³/mol. The number of amidine groups is 1. The highest BCUT2D eigenvalue weighted by Crippen LogP contribution is 2.24. The Morgan fingerprint density at radius 2 is 1.93 bits per heavy atom. The van der Waals surface area contributed by atoms with E-state index >= 15 is 0 Å². The molecule has 0 radical (unpaired) electrons. The minimum atomic E-state index is -0.723. The molecule has 3 N–H and O–H groups in total. The van der Waals surface area contributed by atoms with E-state index in [1.807, 2.05) is 0 Å². The van der Waals surface area contributed by atoms with Crippen LogP contribution in [0.1, 0.15) is 5.56 Å². The fourth-order valence-corrected chi connectivity index (χ4v) is 1.47. The molecule has 0 amide bonds. The maximum Gasteiger partial charge on any atom is 0.170 e. The molecular weight excluding hydrogens is 210 g/mol. The molecule has 0 saturated carbocycles. The van der Waals surface area contributed by atoms with Gasteiger partial charge in [-0.3, -0.25) is 0 Å². The monoisotopic (exact) mass is 218 g/mol. The summed E-state index contributed by atoms with van der Waals surface area (Å²) in [7, 11) is 0. The Bertz CT molecular complexity index is 359. The largest absolute Gasteiger partial charge is 0.409 e. The van der Waals surface area contributed by atoms with E-state index < -0.39 is 11.6 Å². The third-order valence-electron chi connectivity index (χ3n) is 1.61. The predicted octanol–water partition coefficient (Wildman–Crippen LogP) is 1.78. The highest BCUT2D eigenvalue weighted by atomic mass is 32.2. The molecule has 0 aliphatic carbocycles. The zero-order valence-electron chi connectivity index (χ0n) is 7.29. The van der Waals surface area contributed by atoms with Crippen molar-refractivity contribution >= 4 is 17.6 Å². The van der Waals surface area contributed by atoms with Crippen molar-refractivity contribution in [2.75, 3.05) is 6.26 Å². The van der Waals surface area contributed by atoms with E-state index in [-0.39, 0.29) is 16.3 Å². The van der Waals surface area contributed by atoms with Crippen molar-refractivity contribution in [2.24, 2.45) is 10.9 Å². The van der Waals surface area contributed by atoms with Crippen LogP contribution >= 0.6 is 11.8 Å². The summed E-state index contributed by atoms with van der Waals surface area (Å²) in [6, 6.07) is 2.04.